The van der Waals surface area contributed by atoms with Gasteiger partial charge in [0.1, 0.15) is 0 Å². The molecule has 0 saturated carbocycles. The van der Waals surface area contributed by atoms with Crippen molar-refractivity contribution in [3.63, 3.8) is 0 Å². The van der Waals surface area contributed by atoms with Crippen LogP contribution < -0.4 is 0 Å². The first kappa shape index (κ1) is 15.6. The number of rotatable bonds is 9. The number of alkyl halides is 1. The molecule has 1 atom stereocenters. The maximum absolute atomic E-state index is 6.45. The Morgan fingerprint density at radius 3 is 2.17 bits per heavy atom. The summed E-state index contributed by atoms with van der Waals surface area (Å²) in [6.45, 7) is 4.47. The first-order valence-corrected chi connectivity index (χ1v) is 7.94. The fourth-order valence-corrected chi connectivity index (χ4v) is 2.58. The highest BCUT2D eigenvalue weighted by Crippen LogP contribution is 2.27. The van der Waals surface area contributed by atoms with Crippen molar-refractivity contribution in [2.45, 2.75) is 70.6 Å². The zero-order valence-electron chi connectivity index (χ0n) is 11.9. The van der Waals surface area contributed by atoms with Gasteiger partial charge in [-0.3, -0.25) is 0 Å². The molecule has 1 aromatic carbocycles. The Balaban J connectivity index is 2.30. The van der Waals surface area contributed by atoms with Gasteiger partial charge < -0.3 is 0 Å². The van der Waals surface area contributed by atoms with E-state index in [0.29, 0.717) is 0 Å². The van der Waals surface area contributed by atoms with E-state index < -0.39 is 0 Å². The molecule has 0 spiro atoms. The van der Waals surface area contributed by atoms with Crippen LogP contribution >= 0.6 is 11.6 Å². The molecule has 0 bridgehead atoms. The monoisotopic (exact) mass is 266 g/mol. The van der Waals surface area contributed by atoms with Gasteiger partial charge >= 0.3 is 0 Å². The Morgan fingerprint density at radius 2 is 1.56 bits per heavy atom. The summed E-state index contributed by atoms with van der Waals surface area (Å²) in [5.74, 6) is 0. The molecule has 18 heavy (non-hydrogen) atoms. The minimum atomic E-state index is 0.197. The molecule has 0 fully saturated rings. The molecule has 102 valence electrons. The zero-order valence-corrected chi connectivity index (χ0v) is 12.7. The van der Waals surface area contributed by atoms with E-state index in [1.807, 2.05) is 0 Å². The Morgan fingerprint density at radius 1 is 0.889 bits per heavy atom. The summed E-state index contributed by atoms with van der Waals surface area (Å²) in [5, 5.41) is 0.197. The Bertz CT molecular complexity index is 302. The molecule has 0 radical (unpaired) electrons. The number of hydrogen-bond donors (Lipinski definition) is 0. The van der Waals surface area contributed by atoms with E-state index in [9.17, 15) is 0 Å². The molecule has 0 aliphatic heterocycles. The van der Waals surface area contributed by atoms with E-state index in [2.05, 4.69) is 38.1 Å². The van der Waals surface area contributed by atoms with Crippen molar-refractivity contribution >= 4 is 11.6 Å². The molecule has 1 heteroatoms. The lowest BCUT2D eigenvalue weighted by Gasteiger charge is -2.10. The zero-order chi connectivity index (χ0) is 13.2. The average Bonchev–Trinajstić information content (AvgIpc) is 2.39. The van der Waals surface area contributed by atoms with Gasteiger partial charge in [0.25, 0.3) is 0 Å². The van der Waals surface area contributed by atoms with Crippen molar-refractivity contribution in [3.05, 3.63) is 35.4 Å². The smallest absolute Gasteiger partial charge is 0.0585 e. The van der Waals surface area contributed by atoms with E-state index in [4.69, 9.17) is 11.6 Å². The van der Waals surface area contributed by atoms with Gasteiger partial charge in [-0.2, -0.15) is 0 Å². The van der Waals surface area contributed by atoms with E-state index in [1.54, 1.807) is 0 Å². The second-order valence-corrected chi connectivity index (χ2v) is 5.69. The molecule has 1 rings (SSSR count). The van der Waals surface area contributed by atoms with Crippen LogP contribution in [0, 0.1) is 0 Å². The predicted octanol–water partition coefficient (Wildman–Crippen LogP) is 6.28. The van der Waals surface area contributed by atoms with Crippen LogP contribution in [0.3, 0.4) is 0 Å². The largest absolute Gasteiger partial charge is 0.118 e. The van der Waals surface area contributed by atoms with Crippen LogP contribution in [0.1, 0.15) is 75.3 Å². The van der Waals surface area contributed by atoms with Crippen LogP contribution in [0.15, 0.2) is 24.3 Å². The van der Waals surface area contributed by atoms with Crippen molar-refractivity contribution in [3.8, 4) is 0 Å². The van der Waals surface area contributed by atoms with Gasteiger partial charge in [0.2, 0.25) is 0 Å². The highest BCUT2D eigenvalue weighted by atomic mass is 35.5. The van der Waals surface area contributed by atoms with E-state index in [1.165, 1.54) is 56.1 Å². The molecular formula is C17H27Cl. The third-order valence-corrected chi connectivity index (χ3v) is 3.91. The van der Waals surface area contributed by atoms with Crippen LogP contribution in [0.5, 0.6) is 0 Å². The minimum absolute atomic E-state index is 0.197. The van der Waals surface area contributed by atoms with Gasteiger partial charge in [0.15, 0.2) is 0 Å². The Hall–Kier alpha value is -0.490. The molecule has 0 aliphatic carbocycles. The summed E-state index contributed by atoms with van der Waals surface area (Å²) in [4.78, 5) is 0. The van der Waals surface area contributed by atoms with Gasteiger partial charge in [0.05, 0.1) is 5.38 Å². The summed E-state index contributed by atoms with van der Waals surface area (Å²) in [6, 6.07) is 8.86. The molecule has 0 aromatic heterocycles. The van der Waals surface area contributed by atoms with E-state index in [-0.39, 0.29) is 5.38 Å². The van der Waals surface area contributed by atoms with Gasteiger partial charge in [-0.15, -0.1) is 11.6 Å². The molecule has 0 amide bonds. The molecule has 1 unspecified atom stereocenters. The number of aryl methyl sites for hydroxylation is 1. The van der Waals surface area contributed by atoms with Crippen LogP contribution in [0.25, 0.3) is 0 Å². The summed E-state index contributed by atoms with van der Waals surface area (Å²) >= 11 is 6.45. The highest BCUT2D eigenvalue weighted by molar-refractivity contribution is 6.20. The van der Waals surface area contributed by atoms with Crippen molar-refractivity contribution in [2.75, 3.05) is 0 Å². The molecule has 0 saturated heterocycles. The SMILES string of the molecule is CCCCCCCC(Cl)c1ccc(CCC)cc1. The summed E-state index contributed by atoms with van der Waals surface area (Å²) < 4.78 is 0. The highest BCUT2D eigenvalue weighted by Gasteiger charge is 2.07. The lowest BCUT2D eigenvalue weighted by atomic mass is 10.0. The van der Waals surface area contributed by atoms with Gasteiger partial charge in [0, 0.05) is 0 Å². The lowest BCUT2D eigenvalue weighted by molar-refractivity contribution is 0.601. The van der Waals surface area contributed by atoms with Crippen molar-refractivity contribution in [1.29, 1.82) is 0 Å². The van der Waals surface area contributed by atoms with E-state index in [0.717, 1.165) is 6.42 Å². The molecule has 0 aliphatic rings. The third kappa shape index (κ3) is 5.91. The maximum Gasteiger partial charge on any atom is 0.0585 e. The van der Waals surface area contributed by atoms with Crippen molar-refractivity contribution < 1.29 is 0 Å². The quantitative estimate of drug-likeness (QED) is 0.364. The normalized spacial score (nSPS) is 12.6. The summed E-state index contributed by atoms with van der Waals surface area (Å²) in [5.41, 5.74) is 2.71. The molecule has 0 nitrogen and oxygen atoms in total. The second-order valence-electron chi connectivity index (χ2n) is 5.16. The summed E-state index contributed by atoms with van der Waals surface area (Å²) in [6.07, 6.45) is 10.1. The summed E-state index contributed by atoms with van der Waals surface area (Å²) in [7, 11) is 0. The molecular weight excluding hydrogens is 240 g/mol. The van der Waals surface area contributed by atoms with Crippen LogP contribution in [0.2, 0.25) is 0 Å². The van der Waals surface area contributed by atoms with Crippen LogP contribution in [-0.2, 0) is 6.42 Å². The standard InChI is InChI=1S/C17H27Cl/c1-3-5-6-7-8-10-17(18)16-13-11-15(9-4-2)12-14-16/h11-14,17H,3-10H2,1-2H3. The first-order chi connectivity index (χ1) is 8.77. The second kappa shape index (κ2) is 9.44. The Labute approximate surface area is 118 Å². The Kier molecular flexibility index (Phi) is 8.17. The number of halogens is 1. The van der Waals surface area contributed by atoms with Crippen LogP contribution in [0.4, 0.5) is 0 Å². The predicted molar refractivity (Wildman–Crippen MR) is 82.4 cm³/mol. The molecule has 0 heterocycles. The molecule has 1 aromatic rings. The topological polar surface area (TPSA) is 0 Å². The maximum atomic E-state index is 6.45. The lowest BCUT2D eigenvalue weighted by Crippen LogP contribution is -1.92. The number of unbranched alkanes of at least 4 members (excludes halogenated alkanes) is 4. The van der Waals surface area contributed by atoms with Crippen molar-refractivity contribution in [2.24, 2.45) is 0 Å². The number of benzene rings is 1. The fraction of sp³-hybridized carbons (Fsp3) is 0.647. The van der Waals surface area contributed by atoms with Gasteiger partial charge in [-0.05, 0) is 24.0 Å². The fourth-order valence-electron chi connectivity index (χ4n) is 2.28. The first-order valence-electron chi connectivity index (χ1n) is 7.50. The number of hydrogen-bond acceptors (Lipinski definition) is 0. The third-order valence-electron chi connectivity index (χ3n) is 3.44. The van der Waals surface area contributed by atoms with Gasteiger partial charge in [-0.25, -0.2) is 0 Å². The minimum Gasteiger partial charge on any atom is -0.118 e. The molecule has 0 N–H and O–H groups in total. The average molecular weight is 267 g/mol. The van der Waals surface area contributed by atoms with E-state index >= 15 is 0 Å². The van der Waals surface area contributed by atoms with Gasteiger partial charge in [-0.1, -0.05) is 76.6 Å². The van der Waals surface area contributed by atoms with Crippen LogP contribution in [-0.4, -0.2) is 0 Å². The van der Waals surface area contributed by atoms with Crippen molar-refractivity contribution in [1.82, 2.24) is 0 Å².